The third-order valence-corrected chi connectivity index (χ3v) is 2.48. The predicted molar refractivity (Wildman–Crippen MR) is 68.4 cm³/mol. The predicted octanol–water partition coefficient (Wildman–Crippen LogP) is 3.93. The largest absolute Gasteiger partial charge is 0.295 e. The Morgan fingerprint density at radius 2 is 2.00 bits per heavy atom. The van der Waals surface area contributed by atoms with Crippen LogP contribution in [0.3, 0.4) is 0 Å². The summed E-state index contributed by atoms with van der Waals surface area (Å²) in [7, 11) is 0. The number of carbonyl (C=O) groups is 1. The van der Waals surface area contributed by atoms with E-state index in [2.05, 4.69) is 24.3 Å². The first-order chi connectivity index (χ1) is 7.83. The van der Waals surface area contributed by atoms with Crippen LogP contribution in [0.15, 0.2) is 42.5 Å². The quantitative estimate of drug-likeness (QED) is 0.498. The fraction of sp³-hybridized carbons (Fsp3) is 0.400. The van der Waals surface area contributed by atoms with Crippen LogP contribution in [0.1, 0.15) is 38.2 Å². The molecule has 0 fully saturated rings. The molecule has 0 aliphatic carbocycles. The average molecular weight is 216 g/mol. The van der Waals surface area contributed by atoms with Crippen molar-refractivity contribution in [2.75, 3.05) is 0 Å². The highest BCUT2D eigenvalue weighted by molar-refractivity contribution is 5.89. The molecule has 1 rings (SSSR count). The van der Waals surface area contributed by atoms with E-state index in [4.69, 9.17) is 0 Å². The monoisotopic (exact) mass is 216 g/mol. The van der Waals surface area contributed by atoms with Gasteiger partial charge in [0.1, 0.15) is 0 Å². The van der Waals surface area contributed by atoms with Gasteiger partial charge < -0.3 is 0 Å². The number of rotatable bonds is 7. The molecule has 0 N–H and O–H groups in total. The number of ketones is 1. The summed E-state index contributed by atoms with van der Waals surface area (Å²) in [5.74, 6) is 0.252. The van der Waals surface area contributed by atoms with Gasteiger partial charge in [-0.3, -0.25) is 4.79 Å². The summed E-state index contributed by atoms with van der Waals surface area (Å²) in [5, 5.41) is 0. The van der Waals surface area contributed by atoms with Gasteiger partial charge in [-0.25, -0.2) is 0 Å². The van der Waals surface area contributed by atoms with Crippen molar-refractivity contribution in [3.8, 4) is 0 Å². The summed E-state index contributed by atoms with van der Waals surface area (Å²) in [6.45, 7) is 2.03. The van der Waals surface area contributed by atoms with Crippen molar-refractivity contribution in [3.05, 3.63) is 48.0 Å². The molecule has 0 saturated heterocycles. The normalized spacial score (nSPS) is 10.8. The number of hydrogen-bond donors (Lipinski definition) is 0. The Labute approximate surface area is 98.2 Å². The molecule has 0 bridgehead atoms. The zero-order chi connectivity index (χ0) is 11.6. The van der Waals surface area contributed by atoms with E-state index >= 15 is 0 Å². The Bertz CT molecular complexity index is 325. The van der Waals surface area contributed by atoms with Crippen molar-refractivity contribution in [1.82, 2.24) is 0 Å². The van der Waals surface area contributed by atoms with Crippen LogP contribution in [0.2, 0.25) is 0 Å². The Balaban J connectivity index is 2.15. The molecule has 0 spiro atoms. The first kappa shape index (κ1) is 12.7. The molecule has 0 unspecified atom stereocenters. The van der Waals surface area contributed by atoms with Crippen LogP contribution in [0.5, 0.6) is 0 Å². The molecule has 0 radical (unpaired) electrons. The van der Waals surface area contributed by atoms with Crippen molar-refractivity contribution in [3.63, 3.8) is 0 Å². The smallest absolute Gasteiger partial charge is 0.155 e. The zero-order valence-electron chi connectivity index (χ0n) is 9.99. The summed E-state index contributed by atoms with van der Waals surface area (Å²) >= 11 is 0. The topological polar surface area (TPSA) is 17.1 Å². The molecule has 0 saturated carbocycles. The van der Waals surface area contributed by atoms with Crippen molar-refractivity contribution in [2.45, 2.75) is 39.0 Å². The second-order valence-electron chi connectivity index (χ2n) is 4.00. The van der Waals surface area contributed by atoms with E-state index < -0.39 is 0 Å². The molecule has 1 nitrogen and oxygen atoms in total. The van der Waals surface area contributed by atoms with Gasteiger partial charge in [0.25, 0.3) is 0 Å². The number of hydrogen-bond acceptors (Lipinski definition) is 1. The molecule has 1 aromatic rings. The molecule has 0 atom stereocenters. The van der Waals surface area contributed by atoms with Gasteiger partial charge in [-0.1, -0.05) is 43.3 Å². The Kier molecular flexibility index (Phi) is 6.24. The molecule has 1 heteroatoms. The van der Waals surface area contributed by atoms with Crippen LogP contribution < -0.4 is 0 Å². The van der Waals surface area contributed by atoms with E-state index in [9.17, 15) is 4.79 Å². The molecule has 0 aliphatic heterocycles. The van der Waals surface area contributed by atoms with E-state index in [0.29, 0.717) is 6.42 Å². The van der Waals surface area contributed by atoms with Gasteiger partial charge in [0, 0.05) is 6.42 Å². The van der Waals surface area contributed by atoms with E-state index in [-0.39, 0.29) is 5.78 Å². The third kappa shape index (κ3) is 5.50. The van der Waals surface area contributed by atoms with Gasteiger partial charge in [0.15, 0.2) is 5.78 Å². The molecule has 0 aromatic heterocycles. The van der Waals surface area contributed by atoms with Crippen LogP contribution in [-0.2, 0) is 11.2 Å². The number of benzene rings is 1. The van der Waals surface area contributed by atoms with Gasteiger partial charge in [0.05, 0.1) is 0 Å². The lowest BCUT2D eigenvalue weighted by molar-refractivity contribution is -0.114. The highest BCUT2D eigenvalue weighted by atomic mass is 16.1. The van der Waals surface area contributed by atoms with Crippen LogP contribution in [-0.4, -0.2) is 5.78 Å². The lowest BCUT2D eigenvalue weighted by Crippen LogP contribution is -1.90. The van der Waals surface area contributed by atoms with Gasteiger partial charge in [-0.15, -0.1) is 0 Å². The second-order valence-corrected chi connectivity index (χ2v) is 4.00. The molecule has 1 aromatic carbocycles. The number of unbranched alkanes of at least 4 members (excludes halogenated alkanes) is 1. The molecule has 86 valence electrons. The van der Waals surface area contributed by atoms with Crippen molar-refractivity contribution in [2.24, 2.45) is 0 Å². The van der Waals surface area contributed by atoms with Crippen LogP contribution in [0, 0.1) is 0 Å². The maximum atomic E-state index is 11.2. The lowest BCUT2D eigenvalue weighted by Gasteiger charge is -1.97. The van der Waals surface area contributed by atoms with E-state index in [0.717, 1.165) is 25.7 Å². The van der Waals surface area contributed by atoms with Gasteiger partial charge in [0.2, 0.25) is 0 Å². The summed E-state index contributed by atoms with van der Waals surface area (Å²) in [4.78, 5) is 11.2. The molecular formula is C15H20O. The molecule has 0 amide bonds. The van der Waals surface area contributed by atoms with Crippen LogP contribution in [0.25, 0.3) is 0 Å². The first-order valence-corrected chi connectivity index (χ1v) is 6.06. The lowest BCUT2D eigenvalue weighted by atomic mass is 10.1. The summed E-state index contributed by atoms with van der Waals surface area (Å²) in [5.41, 5.74) is 1.37. The number of carbonyl (C=O) groups excluding carboxylic acids is 1. The Morgan fingerprint density at radius 3 is 2.69 bits per heavy atom. The Morgan fingerprint density at radius 1 is 1.25 bits per heavy atom. The average Bonchev–Trinajstić information content (AvgIpc) is 2.30. The maximum absolute atomic E-state index is 11.2. The van der Waals surface area contributed by atoms with Gasteiger partial charge in [-0.05, 0) is 37.3 Å². The van der Waals surface area contributed by atoms with E-state index in [1.165, 1.54) is 5.56 Å². The van der Waals surface area contributed by atoms with Crippen LogP contribution in [0.4, 0.5) is 0 Å². The minimum Gasteiger partial charge on any atom is -0.295 e. The highest BCUT2D eigenvalue weighted by Crippen LogP contribution is 2.05. The highest BCUT2D eigenvalue weighted by Gasteiger charge is 1.93. The van der Waals surface area contributed by atoms with Crippen molar-refractivity contribution >= 4 is 5.78 Å². The first-order valence-electron chi connectivity index (χ1n) is 6.06. The van der Waals surface area contributed by atoms with Gasteiger partial charge in [-0.2, -0.15) is 0 Å². The molecular weight excluding hydrogens is 196 g/mol. The van der Waals surface area contributed by atoms with Crippen LogP contribution >= 0.6 is 0 Å². The fourth-order valence-corrected chi connectivity index (χ4v) is 1.61. The maximum Gasteiger partial charge on any atom is 0.155 e. The number of aryl methyl sites for hydroxylation is 1. The second kappa shape index (κ2) is 7.86. The SMILES string of the molecule is CCCC(=O)/C=C/CCCc1ccccc1. The molecule has 0 heterocycles. The molecule has 16 heavy (non-hydrogen) atoms. The van der Waals surface area contributed by atoms with Gasteiger partial charge >= 0.3 is 0 Å². The Hall–Kier alpha value is -1.37. The van der Waals surface area contributed by atoms with Crippen molar-refractivity contribution < 1.29 is 4.79 Å². The summed E-state index contributed by atoms with van der Waals surface area (Å²) in [6.07, 6.45) is 8.54. The van der Waals surface area contributed by atoms with E-state index in [1.807, 2.05) is 19.1 Å². The summed E-state index contributed by atoms with van der Waals surface area (Å²) in [6, 6.07) is 10.5. The summed E-state index contributed by atoms with van der Waals surface area (Å²) < 4.78 is 0. The van der Waals surface area contributed by atoms with E-state index in [1.54, 1.807) is 6.08 Å². The number of allylic oxidation sites excluding steroid dienone is 2. The third-order valence-electron chi connectivity index (χ3n) is 2.48. The van der Waals surface area contributed by atoms with Crippen molar-refractivity contribution in [1.29, 1.82) is 0 Å². The fourth-order valence-electron chi connectivity index (χ4n) is 1.61. The minimum atomic E-state index is 0.252. The standard InChI is InChI=1S/C15H20O/c1-2-9-15(16)13-8-4-7-12-14-10-5-3-6-11-14/h3,5-6,8,10-11,13H,2,4,7,9,12H2,1H3/b13-8+. The minimum absolute atomic E-state index is 0.252. The molecule has 0 aliphatic rings. The zero-order valence-corrected chi connectivity index (χ0v) is 9.99.